The molecular formula is C28H31ClN6O4. The largest absolute Gasteiger partial charge is 0.447 e. The number of pyridine rings is 2. The Labute approximate surface area is 231 Å². The van der Waals surface area contributed by atoms with Gasteiger partial charge in [0, 0.05) is 44.2 Å². The first-order valence-electron chi connectivity index (χ1n) is 13.7. The summed E-state index contributed by atoms with van der Waals surface area (Å²) in [6.45, 7) is 2.64. The average Bonchev–Trinajstić information content (AvgIpc) is 3.71. The molecule has 6 rings (SSSR count). The van der Waals surface area contributed by atoms with Crippen LogP contribution in [0.5, 0.6) is 0 Å². The van der Waals surface area contributed by atoms with Crippen LogP contribution >= 0.6 is 11.6 Å². The molecule has 3 aliphatic rings. The number of nitrogens with zero attached hydrogens (tertiary/aromatic N) is 4. The van der Waals surface area contributed by atoms with Gasteiger partial charge in [-0.25, -0.2) is 9.97 Å². The standard InChI is InChI=1S/C28H31ClN6O4/c29-18-7-11-21(30-16-18)31-28(38)26-25(24-20(39-26)10-12-22(32-24)34-13-1-2-14-34)33-27(37)17-5-8-19(9-6-17)35-15-3-4-23(35)36/h7,10-12,16-17,19H,1-6,8-9,13-15H2,(H,33,37)(H,30,31,38). The number of amides is 3. The van der Waals surface area contributed by atoms with Gasteiger partial charge in [0.15, 0.2) is 5.58 Å². The van der Waals surface area contributed by atoms with E-state index >= 15 is 0 Å². The summed E-state index contributed by atoms with van der Waals surface area (Å²) < 4.78 is 5.95. The van der Waals surface area contributed by atoms with Crippen molar-refractivity contribution in [1.29, 1.82) is 0 Å². The minimum Gasteiger partial charge on any atom is -0.447 e. The van der Waals surface area contributed by atoms with Crippen molar-refractivity contribution < 1.29 is 18.8 Å². The number of rotatable bonds is 6. The second-order valence-corrected chi connectivity index (χ2v) is 11.0. The summed E-state index contributed by atoms with van der Waals surface area (Å²) in [4.78, 5) is 52.1. The van der Waals surface area contributed by atoms with E-state index in [-0.39, 0.29) is 35.2 Å². The van der Waals surface area contributed by atoms with Crippen LogP contribution in [0.15, 0.2) is 34.9 Å². The van der Waals surface area contributed by atoms with Gasteiger partial charge in [-0.3, -0.25) is 14.4 Å². The molecule has 1 saturated carbocycles. The van der Waals surface area contributed by atoms with Gasteiger partial charge in [0.2, 0.25) is 17.6 Å². The molecule has 3 aromatic rings. The lowest BCUT2D eigenvalue weighted by Gasteiger charge is -2.34. The van der Waals surface area contributed by atoms with Crippen LogP contribution in [0.2, 0.25) is 5.02 Å². The molecule has 0 aromatic carbocycles. The van der Waals surface area contributed by atoms with Gasteiger partial charge in [0.05, 0.1) is 5.02 Å². The number of furan rings is 1. The lowest BCUT2D eigenvalue weighted by molar-refractivity contribution is -0.130. The van der Waals surface area contributed by atoms with E-state index in [1.165, 1.54) is 6.20 Å². The number of nitrogens with one attached hydrogen (secondary N) is 2. The summed E-state index contributed by atoms with van der Waals surface area (Å²) in [7, 11) is 0. The van der Waals surface area contributed by atoms with Gasteiger partial charge in [-0.05, 0) is 69.2 Å². The van der Waals surface area contributed by atoms with Crippen molar-refractivity contribution in [2.75, 3.05) is 35.2 Å². The Morgan fingerprint density at radius 2 is 1.77 bits per heavy atom. The molecule has 11 heteroatoms. The highest BCUT2D eigenvalue weighted by atomic mass is 35.5. The summed E-state index contributed by atoms with van der Waals surface area (Å²) in [6, 6.07) is 7.10. The molecule has 0 unspecified atom stereocenters. The molecule has 39 heavy (non-hydrogen) atoms. The first-order chi connectivity index (χ1) is 19.0. The van der Waals surface area contributed by atoms with Gasteiger partial charge in [-0.15, -0.1) is 0 Å². The molecule has 3 amide bonds. The Morgan fingerprint density at radius 3 is 2.46 bits per heavy atom. The van der Waals surface area contributed by atoms with Gasteiger partial charge in [-0.2, -0.15) is 0 Å². The van der Waals surface area contributed by atoms with Gasteiger partial charge in [0.1, 0.15) is 22.8 Å². The second kappa shape index (κ2) is 10.8. The molecule has 3 fully saturated rings. The summed E-state index contributed by atoms with van der Waals surface area (Å²) >= 11 is 5.92. The van der Waals surface area contributed by atoms with E-state index in [0.29, 0.717) is 41.2 Å². The van der Waals surface area contributed by atoms with E-state index in [1.807, 2.05) is 11.0 Å². The van der Waals surface area contributed by atoms with Crippen molar-refractivity contribution in [2.45, 2.75) is 57.4 Å². The molecule has 5 heterocycles. The van der Waals surface area contributed by atoms with E-state index in [4.69, 9.17) is 21.0 Å². The third kappa shape index (κ3) is 5.30. The fourth-order valence-electron chi connectivity index (χ4n) is 5.92. The highest BCUT2D eigenvalue weighted by Gasteiger charge is 2.34. The number of hydrogen-bond acceptors (Lipinski definition) is 7. The number of carbonyl (C=O) groups is 3. The Balaban J connectivity index is 1.25. The number of fused-ring (bicyclic) bond motifs is 1. The van der Waals surface area contributed by atoms with Gasteiger partial charge < -0.3 is 24.9 Å². The second-order valence-electron chi connectivity index (χ2n) is 10.5. The van der Waals surface area contributed by atoms with Crippen molar-refractivity contribution >= 4 is 57.7 Å². The van der Waals surface area contributed by atoms with E-state index in [0.717, 1.165) is 57.6 Å². The predicted octanol–water partition coefficient (Wildman–Crippen LogP) is 4.85. The highest BCUT2D eigenvalue weighted by Crippen LogP contribution is 2.35. The molecule has 0 bridgehead atoms. The molecule has 2 aliphatic heterocycles. The fourth-order valence-corrected chi connectivity index (χ4v) is 6.03. The molecule has 2 N–H and O–H groups in total. The monoisotopic (exact) mass is 550 g/mol. The predicted molar refractivity (Wildman–Crippen MR) is 148 cm³/mol. The van der Waals surface area contributed by atoms with E-state index in [1.54, 1.807) is 18.2 Å². The Hall–Kier alpha value is -3.66. The number of aromatic nitrogens is 2. The van der Waals surface area contributed by atoms with Gasteiger partial charge >= 0.3 is 0 Å². The maximum atomic E-state index is 13.5. The number of hydrogen-bond donors (Lipinski definition) is 2. The van der Waals surface area contributed by atoms with Crippen LogP contribution in [-0.4, -0.2) is 58.3 Å². The molecule has 1 aliphatic carbocycles. The SMILES string of the molecule is O=C(Nc1ccc(Cl)cn1)c1oc2ccc(N3CCCC3)nc2c1NC(=O)C1CCC(N2CCCC2=O)CC1. The Bertz CT molecular complexity index is 1390. The van der Waals surface area contributed by atoms with Gasteiger partial charge in [0.25, 0.3) is 5.91 Å². The van der Waals surface area contributed by atoms with Crippen molar-refractivity contribution in [1.82, 2.24) is 14.9 Å². The van der Waals surface area contributed by atoms with Gasteiger partial charge in [-0.1, -0.05) is 11.6 Å². The zero-order chi connectivity index (χ0) is 26.9. The van der Waals surface area contributed by atoms with Crippen LogP contribution < -0.4 is 15.5 Å². The van der Waals surface area contributed by atoms with Crippen molar-refractivity contribution in [3.05, 3.63) is 41.2 Å². The minimum atomic E-state index is -0.544. The van der Waals surface area contributed by atoms with E-state index in [2.05, 4.69) is 20.5 Å². The lowest BCUT2D eigenvalue weighted by atomic mass is 9.84. The Morgan fingerprint density at radius 1 is 0.974 bits per heavy atom. The molecule has 0 radical (unpaired) electrons. The normalized spacial score (nSPS) is 21.5. The number of likely N-dealkylation sites (tertiary alicyclic amines) is 1. The number of carbonyl (C=O) groups excluding carboxylic acids is 3. The average molecular weight is 551 g/mol. The molecule has 204 valence electrons. The smallest absolute Gasteiger partial charge is 0.294 e. The maximum Gasteiger partial charge on any atom is 0.294 e. The lowest BCUT2D eigenvalue weighted by Crippen LogP contribution is -2.40. The van der Waals surface area contributed by atoms with Crippen molar-refractivity contribution in [2.24, 2.45) is 5.92 Å². The van der Waals surface area contributed by atoms with Crippen molar-refractivity contribution in [3.8, 4) is 0 Å². The zero-order valence-corrected chi connectivity index (χ0v) is 22.4. The summed E-state index contributed by atoms with van der Waals surface area (Å²) in [5.41, 5.74) is 1.12. The quantitative estimate of drug-likeness (QED) is 0.450. The highest BCUT2D eigenvalue weighted by molar-refractivity contribution is 6.30. The molecule has 10 nitrogen and oxygen atoms in total. The van der Waals surface area contributed by atoms with Crippen LogP contribution in [0, 0.1) is 5.92 Å². The molecule has 0 spiro atoms. The number of anilines is 3. The van der Waals surface area contributed by atoms with Crippen LogP contribution in [0.4, 0.5) is 17.3 Å². The zero-order valence-electron chi connectivity index (χ0n) is 21.6. The summed E-state index contributed by atoms with van der Waals surface area (Å²) in [5.74, 6) is 0.351. The fraction of sp³-hybridized carbons (Fsp3) is 0.464. The molecule has 0 atom stereocenters. The third-order valence-electron chi connectivity index (χ3n) is 7.99. The van der Waals surface area contributed by atoms with Crippen LogP contribution in [0.25, 0.3) is 11.1 Å². The topological polar surface area (TPSA) is 121 Å². The molecular weight excluding hydrogens is 520 g/mol. The first-order valence-corrected chi connectivity index (χ1v) is 14.1. The molecule has 2 saturated heterocycles. The third-order valence-corrected chi connectivity index (χ3v) is 8.21. The number of halogens is 1. The maximum absolute atomic E-state index is 13.5. The van der Waals surface area contributed by atoms with Crippen LogP contribution in [0.1, 0.15) is 61.9 Å². The first kappa shape index (κ1) is 25.6. The van der Waals surface area contributed by atoms with Crippen LogP contribution in [0.3, 0.4) is 0 Å². The van der Waals surface area contributed by atoms with Crippen molar-refractivity contribution in [3.63, 3.8) is 0 Å². The molecule has 3 aromatic heterocycles. The Kier molecular flexibility index (Phi) is 7.12. The van der Waals surface area contributed by atoms with E-state index in [9.17, 15) is 14.4 Å². The minimum absolute atomic E-state index is 0.0301. The van der Waals surface area contributed by atoms with E-state index < -0.39 is 5.91 Å². The summed E-state index contributed by atoms with van der Waals surface area (Å²) in [5, 5.41) is 6.17. The van der Waals surface area contributed by atoms with Crippen LogP contribution in [-0.2, 0) is 9.59 Å². The summed E-state index contributed by atoms with van der Waals surface area (Å²) in [6.07, 6.45) is 8.12.